The number of hydrogen-bond donors (Lipinski definition) is 2. The summed E-state index contributed by atoms with van der Waals surface area (Å²) in [6.07, 6.45) is 0. The number of guanidine groups is 1. The third-order valence-corrected chi connectivity index (χ3v) is 3.80. The monoisotopic (exact) mass is 365 g/mol. The largest absolute Gasteiger partial charge is 0.467 e. The summed E-state index contributed by atoms with van der Waals surface area (Å²) in [5.74, 6) is -0.675. The summed E-state index contributed by atoms with van der Waals surface area (Å²) < 4.78 is 50.8. The van der Waals surface area contributed by atoms with Gasteiger partial charge in [0.1, 0.15) is 23.2 Å². The molecule has 0 amide bonds. The van der Waals surface area contributed by atoms with E-state index < -0.39 is 11.6 Å². The van der Waals surface area contributed by atoms with Crippen LogP contribution in [0, 0.1) is 17.5 Å². The molecule has 1 aliphatic rings. The second-order valence-electron chi connectivity index (χ2n) is 5.72. The van der Waals surface area contributed by atoms with Crippen molar-refractivity contribution in [1.82, 2.24) is 10.6 Å². The van der Waals surface area contributed by atoms with Crippen LogP contribution in [-0.2, 0) is 24.4 Å². The maximum absolute atomic E-state index is 13.8. The Labute approximate surface area is 148 Å². The van der Waals surface area contributed by atoms with Crippen molar-refractivity contribution < 1.29 is 22.6 Å². The summed E-state index contributed by atoms with van der Waals surface area (Å²) in [4.78, 5) is 4.05. The molecule has 138 valence electrons. The Balaban J connectivity index is 1.64. The van der Waals surface area contributed by atoms with Gasteiger partial charge >= 0.3 is 0 Å². The summed E-state index contributed by atoms with van der Waals surface area (Å²) in [7, 11) is 1.56. The van der Waals surface area contributed by atoms with Gasteiger partial charge in [-0.05, 0) is 29.8 Å². The normalized spacial score (nSPS) is 13.8. The molecule has 1 aliphatic heterocycles. The van der Waals surface area contributed by atoms with E-state index in [0.29, 0.717) is 28.4 Å². The van der Waals surface area contributed by atoms with Crippen molar-refractivity contribution in [2.45, 2.75) is 19.7 Å². The fraction of sp³-hybridized carbons (Fsp3) is 0.278. The lowest BCUT2D eigenvalue weighted by molar-refractivity contribution is -0.0172. The van der Waals surface area contributed by atoms with E-state index in [4.69, 9.17) is 9.47 Å². The van der Waals surface area contributed by atoms with Crippen molar-refractivity contribution in [3.05, 3.63) is 64.5 Å². The molecule has 0 atom stereocenters. The van der Waals surface area contributed by atoms with Crippen LogP contribution in [0.3, 0.4) is 0 Å². The molecule has 3 rings (SSSR count). The molecule has 2 aromatic rings. The number of halogens is 3. The zero-order chi connectivity index (χ0) is 18.5. The third-order valence-electron chi connectivity index (χ3n) is 3.80. The highest BCUT2D eigenvalue weighted by molar-refractivity contribution is 5.79. The SMILES string of the molecule is CN=C(NCc1cc(F)cc(F)c1)NCc1cc(F)cc2c1OCOC2. The number of fused-ring (bicyclic) bond motifs is 1. The number of nitrogens with zero attached hydrogens (tertiary/aromatic N) is 1. The average molecular weight is 365 g/mol. The third kappa shape index (κ3) is 4.45. The lowest BCUT2D eigenvalue weighted by Gasteiger charge is -2.21. The van der Waals surface area contributed by atoms with Crippen LogP contribution in [-0.4, -0.2) is 19.8 Å². The van der Waals surface area contributed by atoms with Crippen LogP contribution in [0.15, 0.2) is 35.3 Å². The van der Waals surface area contributed by atoms with Gasteiger partial charge in [0.05, 0.1) is 6.61 Å². The maximum atomic E-state index is 13.8. The molecule has 5 nitrogen and oxygen atoms in total. The molecule has 2 aromatic carbocycles. The smallest absolute Gasteiger partial charge is 0.191 e. The molecule has 0 saturated heterocycles. The van der Waals surface area contributed by atoms with Crippen LogP contribution in [0.4, 0.5) is 13.2 Å². The Morgan fingerprint density at radius 2 is 1.69 bits per heavy atom. The Hall–Kier alpha value is -2.74. The van der Waals surface area contributed by atoms with Crippen molar-refractivity contribution in [2.24, 2.45) is 4.99 Å². The van der Waals surface area contributed by atoms with Gasteiger partial charge in [-0.3, -0.25) is 4.99 Å². The standard InChI is InChI=1S/C18H18F3N3O2/c1-22-18(23-7-11-2-14(19)6-15(20)3-11)24-8-12-4-16(21)5-13-9-25-10-26-17(12)13/h2-6H,7-10H2,1H3,(H2,22,23,24). The number of rotatable bonds is 4. The molecular formula is C18H18F3N3O2. The van der Waals surface area contributed by atoms with Gasteiger partial charge in [-0.25, -0.2) is 13.2 Å². The molecule has 0 aromatic heterocycles. The van der Waals surface area contributed by atoms with E-state index in [0.717, 1.165) is 6.07 Å². The lowest BCUT2D eigenvalue weighted by atomic mass is 10.1. The Kier molecular flexibility index (Phi) is 5.62. The minimum absolute atomic E-state index is 0.115. The molecule has 0 fully saturated rings. The van der Waals surface area contributed by atoms with Crippen LogP contribution < -0.4 is 15.4 Å². The van der Waals surface area contributed by atoms with E-state index in [1.54, 1.807) is 7.05 Å². The highest BCUT2D eigenvalue weighted by Gasteiger charge is 2.17. The molecule has 0 bridgehead atoms. The van der Waals surface area contributed by atoms with Crippen molar-refractivity contribution in [2.75, 3.05) is 13.8 Å². The number of hydrogen-bond acceptors (Lipinski definition) is 3. The molecule has 26 heavy (non-hydrogen) atoms. The molecule has 0 unspecified atom stereocenters. The molecule has 8 heteroatoms. The van der Waals surface area contributed by atoms with E-state index in [9.17, 15) is 13.2 Å². The quantitative estimate of drug-likeness (QED) is 0.646. The van der Waals surface area contributed by atoms with E-state index in [1.807, 2.05) is 0 Å². The van der Waals surface area contributed by atoms with Gasteiger partial charge in [-0.15, -0.1) is 0 Å². The van der Waals surface area contributed by atoms with E-state index in [-0.39, 0.29) is 32.3 Å². The van der Waals surface area contributed by atoms with Gasteiger partial charge in [-0.1, -0.05) is 0 Å². The lowest BCUT2D eigenvalue weighted by Crippen LogP contribution is -2.36. The summed E-state index contributed by atoms with van der Waals surface area (Å²) in [6.45, 7) is 0.846. The zero-order valence-electron chi connectivity index (χ0n) is 14.1. The van der Waals surface area contributed by atoms with E-state index >= 15 is 0 Å². The summed E-state index contributed by atoms with van der Waals surface area (Å²) in [5, 5.41) is 5.98. The second kappa shape index (κ2) is 8.09. The number of aliphatic imine (C=N–C) groups is 1. The van der Waals surface area contributed by atoms with Crippen molar-refractivity contribution in [3.63, 3.8) is 0 Å². The maximum Gasteiger partial charge on any atom is 0.191 e. The van der Waals surface area contributed by atoms with E-state index in [1.165, 1.54) is 24.3 Å². The highest BCUT2D eigenvalue weighted by Crippen LogP contribution is 2.29. The zero-order valence-corrected chi connectivity index (χ0v) is 14.1. The first-order valence-electron chi connectivity index (χ1n) is 7.96. The molecule has 0 spiro atoms. The molecule has 0 saturated carbocycles. The average Bonchev–Trinajstić information content (AvgIpc) is 2.60. The van der Waals surface area contributed by atoms with Gasteiger partial charge in [0, 0.05) is 37.3 Å². The van der Waals surface area contributed by atoms with Crippen molar-refractivity contribution in [3.8, 4) is 5.75 Å². The fourth-order valence-electron chi connectivity index (χ4n) is 2.69. The molecule has 1 heterocycles. The van der Waals surface area contributed by atoms with Crippen molar-refractivity contribution >= 4 is 5.96 Å². The van der Waals surface area contributed by atoms with Crippen LogP contribution >= 0.6 is 0 Å². The Morgan fingerprint density at radius 3 is 2.42 bits per heavy atom. The van der Waals surface area contributed by atoms with Crippen LogP contribution in [0.1, 0.15) is 16.7 Å². The molecule has 0 aliphatic carbocycles. The van der Waals surface area contributed by atoms with E-state index in [2.05, 4.69) is 15.6 Å². The number of ether oxygens (including phenoxy) is 2. The first-order valence-corrected chi connectivity index (χ1v) is 7.96. The van der Waals surface area contributed by atoms with Gasteiger partial charge in [0.2, 0.25) is 0 Å². The summed E-state index contributed by atoms with van der Waals surface area (Å²) in [6, 6.07) is 6.05. The predicted molar refractivity (Wildman–Crippen MR) is 90.1 cm³/mol. The molecule has 2 N–H and O–H groups in total. The predicted octanol–water partition coefficient (Wildman–Crippen LogP) is 2.84. The Bertz CT molecular complexity index is 807. The molecule has 0 radical (unpaired) electrons. The van der Waals surface area contributed by atoms with Gasteiger partial charge in [0.15, 0.2) is 12.8 Å². The summed E-state index contributed by atoms with van der Waals surface area (Å²) >= 11 is 0. The number of benzene rings is 2. The topological polar surface area (TPSA) is 54.9 Å². The summed E-state index contributed by atoms with van der Waals surface area (Å²) in [5.41, 5.74) is 1.71. The fourth-order valence-corrected chi connectivity index (χ4v) is 2.69. The van der Waals surface area contributed by atoms with Gasteiger partial charge < -0.3 is 20.1 Å². The highest BCUT2D eigenvalue weighted by atomic mass is 19.1. The van der Waals surface area contributed by atoms with Gasteiger partial charge in [-0.2, -0.15) is 0 Å². The minimum atomic E-state index is -0.643. The van der Waals surface area contributed by atoms with Crippen molar-refractivity contribution in [1.29, 1.82) is 0 Å². The van der Waals surface area contributed by atoms with Crippen LogP contribution in [0.2, 0.25) is 0 Å². The Morgan fingerprint density at radius 1 is 1.00 bits per heavy atom. The molecular weight excluding hydrogens is 347 g/mol. The van der Waals surface area contributed by atoms with Crippen LogP contribution in [0.25, 0.3) is 0 Å². The van der Waals surface area contributed by atoms with Crippen LogP contribution in [0.5, 0.6) is 5.75 Å². The minimum Gasteiger partial charge on any atom is -0.467 e. The first-order chi connectivity index (χ1) is 12.5. The number of nitrogens with one attached hydrogen (secondary N) is 2. The van der Waals surface area contributed by atoms with Gasteiger partial charge in [0.25, 0.3) is 0 Å². The first kappa shape index (κ1) is 18.1. The second-order valence-corrected chi connectivity index (χ2v) is 5.72.